The van der Waals surface area contributed by atoms with Crippen molar-refractivity contribution in [3.63, 3.8) is 0 Å². The second kappa shape index (κ2) is 7.56. The Morgan fingerprint density at radius 2 is 1.82 bits per heavy atom. The topological polar surface area (TPSA) is 37.4 Å². The number of nitrogens with zero attached hydrogens (tertiary/aromatic N) is 1. The van der Waals surface area contributed by atoms with Gasteiger partial charge in [-0.3, -0.25) is 9.00 Å². The third kappa shape index (κ3) is 4.68. The van der Waals surface area contributed by atoms with Gasteiger partial charge in [0, 0.05) is 47.0 Å². The molecule has 0 spiro atoms. The molecule has 0 aromatic heterocycles. The summed E-state index contributed by atoms with van der Waals surface area (Å²) in [6, 6.07) is 14.7. The van der Waals surface area contributed by atoms with Crippen molar-refractivity contribution in [3.8, 4) is 0 Å². The Bertz CT molecular complexity index is 685. The second-order valence-electron chi connectivity index (χ2n) is 5.21. The van der Waals surface area contributed by atoms with Crippen molar-refractivity contribution >= 4 is 28.3 Å². The van der Waals surface area contributed by atoms with Crippen molar-refractivity contribution in [2.24, 2.45) is 0 Å². The number of hydrogen-bond acceptors (Lipinski definition) is 2. The quantitative estimate of drug-likeness (QED) is 0.838. The van der Waals surface area contributed by atoms with Crippen molar-refractivity contribution in [2.45, 2.75) is 12.3 Å². The van der Waals surface area contributed by atoms with Gasteiger partial charge in [-0.2, -0.15) is 0 Å². The van der Waals surface area contributed by atoms with E-state index in [2.05, 4.69) is 0 Å². The van der Waals surface area contributed by atoms with Crippen LogP contribution in [-0.2, 0) is 23.1 Å². The average molecular weight is 336 g/mol. The average Bonchev–Trinajstić information content (AvgIpc) is 2.48. The van der Waals surface area contributed by atoms with E-state index in [1.807, 2.05) is 42.5 Å². The van der Waals surface area contributed by atoms with Gasteiger partial charge < -0.3 is 4.90 Å². The lowest BCUT2D eigenvalue weighted by atomic mass is 10.1. The van der Waals surface area contributed by atoms with Crippen LogP contribution >= 0.6 is 11.6 Å². The smallest absolute Gasteiger partial charge is 0.253 e. The van der Waals surface area contributed by atoms with Gasteiger partial charge in [0.25, 0.3) is 5.91 Å². The molecule has 0 saturated carbocycles. The number of rotatable bonds is 5. The molecule has 2 aromatic carbocycles. The van der Waals surface area contributed by atoms with Crippen molar-refractivity contribution in [1.29, 1.82) is 0 Å². The zero-order valence-electron chi connectivity index (χ0n) is 12.6. The van der Waals surface area contributed by atoms with E-state index in [0.717, 1.165) is 11.1 Å². The number of halogens is 1. The number of hydrogen-bond donors (Lipinski definition) is 0. The lowest BCUT2D eigenvalue weighted by molar-refractivity contribution is 0.0785. The highest BCUT2D eigenvalue weighted by Gasteiger charge is 2.12. The van der Waals surface area contributed by atoms with Crippen LogP contribution in [0.3, 0.4) is 0 Å². The van der Waals surface area contributed by atoms with Crippen LogP contribution in [0, 0.1) is 0 Å². The fourth-order valence-corrected chi connectivity index (χ4v) is 2.96. The highest BCUT2D eigenvalue weighted by atomic mass is 35.5. The van der Waals surface area contributed by atoms with E-state index in [1.165, 1.54) is 0 Å². The Labute approximate surface area is 138 Å². The minimum absolute atomic E-state index is 0.0568. The summed E-state index contributed by atoms with van der Waals surface area (Å²) in [5.74, 6) is 0.404. The van der Waals surface area contributed by atoms with Crippen molar-refractivity contribution < 1.29 is 9.00 Å². The lowest BCUT2D eigenvalue weighted by Crippen LogP contribution is -2.26. The van der Waals surface area contributed by atoms with E-state index in [0.29, 0.717) is 22.9 Å². The maximum absolute atomic E-state index is 12.5. The Morgan fingerprint density at radius 1 is 1.14 bits per heavy atom. The first kappa shape index (κ1) is 16.7. The zero-order chi connectivity index (χ0) is 16.1. The molecule has 0 radical (unpaired) electrons. The van der Waals surface area contributed by atoms with Crippen molar-refractivity contribution in [2.75, 3.05) is 13.3 Å². The van der Waals surface area contributed by atoms with Gasteiger partial charge in [0.2, 0.25) is 0 Å². The van der Waals surface area contributed by atoms with E-state index >= 15 is 0 Å². The van der Waals surface area contributed by atoms with Crippen LogP contribution in [0.4, 0.5) is 0 Å². The fraction of sp³-hybridized carbons (Fsp3) is 0.235. The molecule has 0 N–H and O–H groups in total. The first-order chi connectivity index (χ1) is 10.5. The standard InChI is InChI=1S/C17H18ClNO2S/c1-19(11-13-6-8-16(18)9-7-13)17(20)15-5-3-4-14(10-15)12-22(2)21/h3-10H,11-12H2,1-2H3. The van der Waals surface area contributed by atoms with Gasteiger partial charge in [0.05, 0.1) is 0 Å². The summed E-state index contributed by atoms with van der Waals surface area (Å²) in [5.41, 5.74) is 2.54. The Kier molecular flexibility index (Phi) is 5.75. The highest BCUT2D eigenvalue weighted by molar-refractivity contribution is 7.83. The van der Waals surface area contributed by atoms with Gasteiger partial charge in [0.1, 0.15) is 0 Å². The molecule has 5 heteroatoms. The zero-order valence-corrected chi connectivity index (χ0v) is 14.2. The molecule has 0 aliphatic heterocycles. The summed E-state index contributed by atoms with van der Waals surface area (Å²) < 4.78 is 11.3. The number of carbonyl (C=O) groups is 1. The maximum atomic E-state index is 12.5. The molecule has 0 aliphatic rings. The predicted octanol–water partition coefficient (Wildman–Crippen LogP) is 3.49. The van der Waals surface area contributed by atoms with Gasteiger partial charge in [-0.15, -0.1) is 0 Å². The first-order valence-electron chi connectivity index (χ1n) is 6.84. The molecular formula is C17H18ClNO2S. The summed E-state index contributed by atoms with van der Waals surface area (Å²) in [6.07, 6.45) is 1.65. The Balaban J connectivity index is 2.09. The van der Waals surface area contributed by atoms with Crippen LogP contribution in [-0.4, -0.2) is 28.3 Å². The molecule has 2 aromatic rings. The predicted molar refractivity (Wildman–Crippen MR) is 91.5 cm³/mol. The van der Waals surface area contributed by atoms with Crippen LogP contribution < -0.4 is 0 Å². The molecule has 0 saturated heterocycles. The summed E-state index contributed by atoms with van der Waals surface area (Å²) >= 11 is 5.86. The van der Waals surface area contributed by atoms with Gasteiger partial charge in [-0.25, -0.2) is 0 Å². The number of benzene rings is 2. The highest BCUT2D eigenvalue weighted by Crippen LogP contribution is 2.14. The molecule has 1 amide bonds. The molecule has 0 aliphatic carbocycles. The number of amides is 1. The molecule has 0 fully saturated rings. The molecule has 22 heavy (non-hydrogen) atoms. The maximum Gasteiger partial charge on any atom is 0.253 e. The largest absolute Gasteiger partial charge is 0.337 e. The Hall–Kier alpha value is -1.65. The second-order valence-corrected chi connectivity index (χ2v) is 7.08. The molecule has 116 valence electrons. The third-order valence-corrected chi connectivity index (χ3v) is 4.22. The SMILES string of the molecule is CN(Cc1ccc(Cl)cc1)C(=O)c1cccc(CS(C)=O)c1. The molecule has 0 bridgehead atoms. The van der Waals surface area contributed by atoms with Crippen LogP contribution in [0.5, 0.6) is 0 Å². The fourth-order valence-electron chi connectivity index (χ4n) is 2.18. The first-order valence-corrected chi connectivity index (χ1v) is 8.95. The molecule has 1 atom stereocenters. The Morgan fingerprint density at radius 3 is 2.45 bits per heavy atom. The van der Waals surface area contributed by atoms with E-state index in [-0.39, 0.29) is 5.91 Å². The minimum Gasteiger partial charge on any atom is -0.337 e. The van der Waals surface area contributed by atoms with E-state index in [4.69, 9.17) is 11.6 Å². The minimum atomic E-state index is -0.920. The van der Waals surface area contributed by atoms with Gasteiger partial charge in [-0.1, -0.05) is 35.9 Å². The van der Waals surface area contributed by atoms with Crippen LogP contribution in [0.15, 0.2) is 48.5 Å². The van der Waals surface area contributed by atoms with Crippen LogP contribution in [0.1, 0.15) is 21.5 Å². The van der Waals surface area contributed by atoms with E-state index in [9.17, 15) is 9.00 Å². The van der Waals surface area contributed by atoms with Gasteiger partial charge >= 0.3 is 0 Å². The third-order valence-electron chi connectivity index (χ3n) is 3.22. The molecular weight excluding hydrogens is 318 g/mol. The normalized spacial score (nSPS) is 12.0. The number of carbonyl (C=O) groups excluding carboxylic acids is 1. The molecule has 0 heterocycles. The van der Waals surface area contributed by atoms with Crippen LogP contribution in [0.2, 0.25) is 5.02 Å². The van der Waals surface area contributed by atoms with Gasteiger partial charge in [0.15, 0.2) is 0 Å². The molecule has 2 rings (SSSR count). The van der Waals surface area contributed by atoms with Gasteiger partial charge in [-0.05, 0) is 35.4 Å². The molecule has 3 nitrogen and oxygen atoms in total. The summed E-state index contributed by atoms with van der Waals surface area (Å²) in [7, 11) is 0.846. The summed E-state index contributed by atoms with van der Waals surface area (Å²) in [6.45, 7) is 0.514. The summed E-state index contributed by atoms with van der Waals surface area (Å²) in [4.78, 5) is 14.1. The van der Waals surface area contributed by atoms with Crippen molar-refractivity contribution in [3.05, 3.63) is 70.2 Å². The summed E-state index contributed by atoms with van der Waals surface area (Å²) in [5, 5.41) is 0.679. The van der Waals surface area contributed by atoms with Crippen LogP contribution in [0.25, 0.3) is 0 Å². The van der Waals surface area contributed by atoms with Crippen molar-refractivity contribution in [1.82, 2.24) is 4.90 Å². The van der Waals surface area contributed by atoms with E-state index in [1.54, 1.807) is 24.3 Å². The lowest BCUT2D eigenvalue weighted by Gasteiger charge is -2.18. The monoisotopic (exact) mass is 335 g/mol. The van der Waals surface area contributed by atoms with E-state index < -0.39 is 10.8 Å². The molecule has 1 unspecified atom stereocenters.